The Hall–Kier alpha value is -0.790. The van der Waals surface area contributed by atoms with Crippen LogP contribution in [-0.4, -0.2) is 56.6 Å². The molecule has 0 saturated carbocycles. The fourth-order valence-electron chi connectivity index (χ4n) is 2.37. The van der Waals surface area contributed by atoms with E-state index in [1.807, 2.05) is 13.8 Å². The van der Waals surface area contributed by atoms with Crippen molar-refractivity contribution in [2.24, 2.45) is 0 Å². The van der Waals surface area contributed by atoms with E-state index in [-0.39, 0.29) is 13.2 Å². The minimum Gasteiger partial charge on any atom is -0.432 e. The second-order valence-corrected chi connectivity index (χ2v) is 5.75. The average molecular weight is 338 g/mol. The van der Waals surface area contributed by atoms with Gasteiger partial charge in [-0.1, -0.05) is 26.7 Å². The highest BCUT2D eigenvalue weighted by Crippen LogP contribution is 2.38. The molecule has 1 rings (SSSR count). The van der Waals surface area contributed by atoms with Crippen molar-refractivity contribution in [2.75, 3.05) is 26.5 Å². The van der Waals surface area contributed by atoms with Gasteiger partial charge in [-0.2, -0.15) is 0 Å². The number of carbonyl (C=O) groups excluding carboxylic acids is 1. The molecule has 0 bridgehead atoms. The van der Waals surface area contributed by atoms with Crippen molar-refractivity contribution >= 4 is 5.97 Å². The highest BCUT2D eigenvalue weighted by Gasteiger charge is 2.61. The van der Waals surface area contributed by atoms with Gasteiger partial charge in [0.25, 0.3) is 0 Å². The molecule has 0 aromatic rings. The summed E-state index contributed by atoms with van der Waals surface area (Å²) >= 11 is 0. The zero-order valence-corrected chi connectivity index (χ0v) is 14.2. The minimum absolute atomic E-state index is 0.0697. The molecule has 0 aromatic carbocycles. The smallest absolute Gasteiger partial charge is 0.305 e. The third-order valence-electron chi connectivity index (χ3n) is 3.70. The van der Waals surface area contributed by atoms with E-state index in [1.54, 1.807) is 0 Å². The molecule has 0 spiro atoms. The number of hydrogen-bond donors (Lipinski definition) is 0. The van der Waals surface area contributed by atoms with Crippen LogP contribution in [0, 0.1) is 0 Å². The molecule has 0 amide bonds. The molecule has 136 valence electrons. The van der Waals surface area contributed by atoms with Gasteiger partial charge in [0.15, 0.2) is 0 Å². The van der Waals surface area contributed by atoms with E-state index in [2.05, 4.69) is 0 Å². The molecule has 1 aliphatic rings. The number of carbonyl (C=O) groups is 1. The summed E-state index contributed by atoms with van der Waals surface area (Å²) in [5, 5.41) is 0. The van der Waals surface area contributed by atoms with Crippen LogP contribution in [-0.2, 0) is 23.7 Å². The Morgan fingerprint density at radius 3 is 2.43 bits per heavy atom. The first-order chi connectivity index (χ1) is 11.0. The van der Waals surface area contributed by atoms with Crippen LogP contribution in [0.3, 0.4) is 0 Å². The van der Waals surface area contributed by atoms with E-state index in [1.165, 1.54) is 0 Å². The van der Waals surface area contributed by atoms with Gasteiger partial charge in [-0.05, 0) is 12.8 Å². The van der Waals surface area contributed by atoms with E-state index in [9.17, 15) is 9.18 Å². The Labute approximate surface area is 136 Å². The largest absolute Gasteiger partial charge is 0.432 e. The molecule has 1 fully saturated rings. The van der Waals surface area contributed by atoms with Gasteiger partial charge in [-0.3, -0.25) is 4.79 Å². The number of alkyl halides is 2. The maximum absolute atomic E-state index is 15.0. The molecule has 4 atom stereocenters. The lowest BCUT2D eigenvalue weighted by Gasteiger charge is -2.28. The first-order valence-corrected chi connectivity index (χ1v) is 8.26. The van der Waals surface area contributed by atoms with Crippen LogP contribution in [0.5, 0.6) is 0 Å². The summed E-state index contributed by atoms with van der Waals surface area (Å²) in [6, 6.07) is 0. The first-order valence-electron chi connectivity index (χ1n) is 8.26. The summed E-state index contributed by atoms with van der Waals surface area (Å²) in [4.78, 5) is 11.1. The average Bonchev–Trinajstić information content (AvgIpc) is 2.77. The summed E-state index contributed by atoms with van der Waals surface area (Å²) in [7, 11) is 0. The molecule has 0 N–H and O–H groups in total. The lowest BCUT2D eigenvalue weighted by molar-refractivity contribution is -0.198. The van der Waals surface area contributed by atoms with Gasteiger partial charge in [0.1, 0.15) is 18.9 Å². The molecule has 0 aliphatic carbocycles. The van der Waals surface area contributed by atoms with E-state index < -0.39 is 36.8 Å². The fourth-order valence-corrected chi connectivity index (χ4v) is 2.37. The Kier molecular flexibility index (Phi) is 8.94. The molecule has 1 unspecified atom stereocenters. The molecular formula is C16H28F2O5. The number of esters is 1. The predicted molar refractivity (Wildman–Crippen MR) is 80.6 cm³/mol. The highest BCUT2D eigenvalue weighted by atomic mass is 19.2. The topological polar surface area (TPSA) is 54.0 Å². The predicted octanol–water partition coefficient (Wildman–Crippen LogP) is 2.95. The third kappa shape index (κ3) is 5.65. The number of halogens is 2. The lowest BCUT2D eigenvalue weighted by atomic mass is 9.98. The number of hydrogen-bond acceptors (Lipinski definition) is 5. The Bertz CT molecular complexity index is 355. The summed E-state index contributed by atoms with van der Waals surface area (Å²) in [5.74, 6) is -0.731. The summed E-state index contributed by atoms with van der Waals surface area (Å²) < 4.78 is 49.6. The zero-order chi connectivity index (χ0) is 17.3. The van der Waals surface area contributed by atoms with E-state index in [0.717, 1.165) is 32.6 Å². The van der Waals surface area contributed by atoms with Crippen LogP contribution in [0.15, 0.2) is 0 Å². The molecule has 23 heavy (non-hydrogen) atoms. The van der Waals surface area contributed by atoms with Crippen molar-refractivity contribution in [3.8, 4) is 0 Å². The van der Waals surface area contributed by atoms with Crippen molar-refractivity contribution in [3.05, 3.63) is 0 Å². The quantitative estimate of drug-likeness (QED) is 0.428. The van der Waals surface area contributed by atoms with Gasteiger partial charge < -0.3 is 18.9 Å². The molecule has 7 heteroatoms. The molecule has 1 aliphatic heterocycles. The van der Waals surface area contributed by atoms with Crippen molar-refractivity contribution in [1.29, 1.82) is 0 Å². The minimum atomic E-state index is -2.52. The number of rotatable bonds is 11. The third-order valence-corrected chi connectivity index (χ3v) is 3.70. The van der Waals surface area contributed by atoms with Gasteiger partial charge in [0.2, 0.25) is 12.0 Å². The van der Waals surface area contributed by atoms with Crippen LogP contribution < -0.4 is 0 Å². The maximum Gasteiger partial charge on any atom is 0.305 e. The molecule has 1 saturated heterocycles. The van der Waals surface area contributed by atoms with Gasteiger partial charge in [-0.15, -0.1) is 0 Å². The second kappa shape index (κ2) is 10.2. The normalized spacial score (nSPS) is 30.6. The standard InChI is InChI=1S/C16H28F2O5/c1-4-6-8-20-10-13-14(21-9-7-5-2)16(18,11-17)15(23-13)22-12(3)19/h13-15H,4-11H2,1-3H3/t13-,14?,15-,16-/m1/s1. The van der Waals surface area contributed by atoms with Crippen LogP contribution >= 0.6 is 0 Å². The van der Waals surface area contributed by atoms with Crippen LogP contribution in [0.2, 0.25) is 0 Å². The van der Waals surface area contributed by atoms with Gasteiger partial charge >= 0.3 is 5.97 Å². The summed E-state index contributed by atoms with van der Waals surface area (Å²) in [6.45, 7) is 4.63. The van der Waals surface area contributed by atoms with Crippen molar-refractivity contribution < 1.29 is 32.5 Å². The van der Waals surface area contributed by atoms with E-state index in [0.29, 0.717) is 6.61 Å². The lowest BCUT2D eigenvalue weighted by Crippen LogP contribution is -2.49. The van der Waals surface area contributed by atoms with Crippen LogP contribution in [0.4, 0.5) is 8.78 Å². The fraction of sp³-hybridized carbons (Fsp3) is 0.938. The maximum atomic E-state index is 15.0. The van der Waals surface area contributed by atoms with E-state index >= 15 is 4.39 Å². The zero-order valence-electron chi connectivity index (χ0n) is 14.2. The highest BCUT2D eigenvalue weighted by molar-refractivity contribution is 5.66. The summed E-state index contributed by atoms with van der Waals surface area (Å²) in [6.07, 6.45) is -0.162. The summed E-state index contributed by atoms with van der Waals surface area (Å²) in [5.41, 5.74) is -2.52. The van der Waals surface area contributed by atoms with Crippen molar-refractivity contribution in [1.82, 2.24) is 0 Å². The van der Waals surface area contributed by atoms with Crippen LogP contribution in [0.25, 0.3) is 0 Å². The molecule has 0 aromatic heterocycles. The van der Waals surface area contributed by atoms with Crippen molar-refractivity contribution in [3.63, 3.8) is 0 Å². The van der Waals surface area contributed by atoms with Crippen LogP contribution in [0.1, 0.15) is 46.5 Å². The SMILES string of the molecule is CCCCOC[C@H]1O[C@@H](OC(C)=O)[C@@](F)(CF)C1OCCCC. The number of ether oxygens (including phenoxy) is 4. The van der Waals surface area contributed by atoms with Gasteiger partial charge in [-0.25, -0.2) is 8.78 Å². The first kappa shape index (κ1) is 20.3. The van der Waals surface area contributed by atoms with Crippen molar-refractivity contribution in [2.45, 2.75) is 70.6 Å². The van der Waals surface area contributed by atoms with E-state index in [4.69, 9.17) is 18.9 Å². The van der Waals surface area contributed by atoms with Gasteiger partial charge in [0.05, 0.1) is 6.61 Å². The Morgan fingerprint density at radius 1 is 1.22 bits per heavy atom. The Morgan fingerprint density at radius 2 is 1.87 bits per heavy atom. The number of unbranched alkanes of at least 4 members (excludes halogenated alkanes) is 2. The molecule has 1 heterocycles. The van der Waals surface area contributed by atoms with Gasteiger partial charge in [0, 0.05) is 20.1 Å². The second-order valence-electron chi connectivity index (χ2n) is 5.75. The Balaban J connectivity index is 2.76. The monoisotopic (exact) mass is 338 g/mol. The molecule has 0 radical (unpaired) electrons. The molecular weight excluding hydrogens is 310 g/mol. The molecule has 5 nitrogen and oxygen atoms in total.